The van der Waals surface area contributed by atoms with Crippen molar-refractivity contribution in [1.82, 2.24) is 0 Å². The van der Waals surface area contributed by atoms with Crippen molar-refractivity contribution in [2.24, 2.45) is 0 Å². The van der Waals surface area contributed by atoms with Gasteiger partial charge in [-0.1, -0.05) is 0 Å². The third-order valence-electron chi connectivity index (χ3n) is 0. The Bertz CT molecular complexity index is 6.00. The number of rotatable bonds is 0. The minimum atomic E-state index is 0. The van der Waals surface area contributed by atoms with Gasteiger partial charge in [-0.3, -0.25) is 0 Å². The Balaban J connectivity index is -0.00000000500. The van der Waals surface area contributed by atoms with E-state index in [1.165, 1.54) is 0 Å². The molecule has 0 rings (SSSR count). The molecule has 0 fully saturated rings. The van der Waals surface area contributed by atoms with Crippen LogP contribution in [0.15, 0.2) is 0 Å². The van der Waals surface area contributed by atoms with Gasteiger partial charge in [0.2, 0.25) is 0 Å². The molecule has 0 radical (unpaired) electrons. The fraction of sp³-hybridized carbons (Fsp3) is 0. The van der Waals surface area contributed by atoms with Gasteiger partial charge in [0.25, 0.3) is 0 Å². The summed E-state index contributed by atoms with van der Waals surface area (Å²) < 4.78 is 8.38. The smallest absolute Gasteiger partial charge is 0 e. The molecule has 4 heavy (non-hydrogen) atoms. The summed E-state index contributed by atoms with van der Waals surface area (Å²) in [5.74, 6) is 0. The molecule has 0 saturated heterocycles. The van der Waals surface area contributed by atoms with Gasteiger partial charge >= 0.3 is 44.9 Å². The first-order chi connectivity index (χ1) is 1.00. The van der Waals surface area contributed by atoms with E-state index in [0.717, 1.165) is 0 Å². The molecule has 0 saturated carbocycles. The standard InChI is InChI=1S/Mg.O.2Zn.2H. The zero-order valence-electron chi connectivity index (χ0n) is 1.82. The summed E-state index contributed by atoms with van der Waals surface area (Å²) in [6, 6.07) is 0. The normalized spacial score (nSPS) is 1.50. The molecule has 0 aliphatic heterocycles. The minimum Gasteiger partial charge on any atom is 0 e. The molecule has 0 heterocycles. The minimum absolute atomic E-state index is 0. The summed E-state index contributed by atoms with van der Waals surface area (Å²) in [6.07, 6.45) is 0. The van der Waals surface area contributed by atoms with E-state index in [1.54, 1.807) is 0 Å². The fourth-order valence-electron chi connectivity index (χ4n) is 0. The molecule has 0 aromatic heterocycles. The summed E-state index contributed by atoms with van der Waals surface area (Å²) in [5.41, 5.74) is 0. The van der Waals surface area contributed by atoms with Crippen molar-refractivity contribution >= 4 is 23.1 Å². The first-order valence-corrected chi connectivity index (χ1v) is 1.50. The molecule has 0 unspecified atom stereocenters. The predicted molar refractivity (Wildman–Crippen MR) is 9.23 cm³/mol. The van der Waals surface area contributed by atoms with Crippen molar-refractivity contribution in [3.05, 3.63) is 0 Å². The maximum atomic E-state index is 8.38. The second-order valence-corrected chi connectivity index (χ2v) is 0. The van der Waals surface area contributed by atoms with E-state index in [0.29, 0.717) is 0 Å². The van der Waals surface area contributed by atoms with Gasteiger partial charge in [0.05, 0.1) is 0 Å². The number of hydrogen-bond donors (Lipinski definition) is 0. The first kappa shape index (κ1) is 17.0. The molecule has 0 spiro atoms. The van der Waals surface area contributed by atoms with Crippen LogP contribution in [0.4, 0.5) is 0 Å². The Morgan fingerprint density at radius 3 is 1.25 bits per heavy atom. The predicted octanol–water partition coefficient (Wildman–Crippen LogP) is -1.04. The van der Waals surface area contributed by atoms with Crippen LogP contribution in [0.25, 0.3) is 0 Å². The molecule has 0 amide bonds. The fourth-order valence-corrected chi connectivity index (χ4v) is 0. The summed E-state index contributed by atoms with van der Waals surface area (Å²) in [4.78, 5) is 0. The second-order valence-electron chi connectivity index (χ2n) is 0. The summed E-state index contributed by atoms with van der Waals surface area (Å²) >= 11 is 0.125. The van der Waals surface area contributed by atoms with Crippen molar-refractivity contribution in [3.8, 4) is 0 Å². The molecular weight excluding hydrogens is 171 g/mol. The Morgan fingerprint density at radius 1 is 1.25 bits per heavy atom. The number of hydrogen-bond acceptors (Lipinski definition) is 1. The van der Waals surface area contributed by atoms with Crippen LogP contribution < -0.4 is 0 Å². The maximum Gasteiger partial charge on any atom is 0 e. The first-order valence-electron chi connectivity index (χ1n) is 0.289. The topological polar surface area (TPSA) is 17.1 Å². The third-order valence-corrected chi connectivity index (χ3v) is 0. The molecule has 0 aliphatic rings. The summed E-state index contributed by atoms with van der Waals surface area (Å²) in [6.45, 7) is 0. The molecule has 0 aromatic rings. The van der Waals surface area contributed by atoms with E-state index in [4.69, 9.17) is 3.57 Å². The molecular formula is H2MgOZn2. The molecule has 0 aliphatic carbocycles. The second kappa shape index (κ2) is 21.3. The van der Waals surface area contributed by atoms with Gasteiger partial charge in [-0.2, -0.15) is 0 Å². The van der Waals surface area contributed by atoms with E-state index < -0.39 is 0 Å². The molecule has 0 N–H and O–H groups in total. The van der Waals surface area contributed by atoms with Crippen LogP contribution in [-0.2, 0) is 41.3 Å². The van der Waals surface area contributed by atoms with E-state index in [-0.39, 0.29) is 60.8 Å². The third kappa shape index (κ3) is 9.18. The monoisotopic (exact) mass is 170 g/mol. The Kier molecular flexibility index (Phi) is 90.6. The summed E-state index contributed by atoms with van der Waals surface area (Å²) in [5, 5.41) is 0. The zero-order chi connectivity index (χ0) is 2.00. The van der Waals surface area contributed by atoms with Crippen molar-refractivity contribution in [3.63, 3.8) is 0 Å². The van der Waals surface area contributed by atoms with Crippen molar-refractivity contribution < 1.29 is 41.3 Å². The van der Waals surface area contributed by atoms with Crippen LogP contribution in [0.3, 0.4) is 0 Å². The molecule has 0 atom stereocenters. The van der Waals surface area contributed by atoms with E-state index in [1.807, 2.05) is 0 Å². The van der Waals surface area contributed by atoms with Crippen LogP contribution in [0.1, 0.15) is 0 Å². The van der Waals surface area contributed by atoms with Gasteiger partial charge in [0.15, 0.2) is 0 Å². The maximum absolute atomic E-state index is 8.38. The SMILES string of the molecule is [MgH2].[O]=[Zn].[Zn]. The Hall–Kier alpha value is 1.81. The van der Waals surface area contributed by atoms with Crippen molar-refractivity contribution in [2.45, 2.75) is 0 Å². The Morgan fingerprint density at radius 2 is 1.25 bits per heavy atom. The van der Waals surface area contributed by atoms with Crippen LogP contribution in [-0.4, -0.2) is 23.1 Å². The van der Waals surface area contributed by atoms with Gasteiger partial charge in [0, 0.05) is 19.5 Å². The molecule has 0 aromatic carbocycles. The zero-order valence-corrected chi connectivity index (χ0v) is 7.76. The summed E-state index contributed by atoms with van der Waals surface area (Å²) in [7, 11) is 0. The van der Waals surface area contributed by atoms with E-state index in [9.17, 15) is 0 Å². The van der Waals surface area contributed by atoms with E-state index in [2.05, 4.69) is 0 Å². The molecule has 1 nitrogen and oxygen atoms in total. The van der Waals surface area contributed by atoms with Gasteiger partial charge in [0.1, 0.15) is 0 Å². The van der Waals surface area contributed by atoms with Crippen molar-refractivity contribution in [2.75, 3.05) is 0 Å². The van der Waals surface area contributed by atoms with Crippen LogP contribution >= 0.6 is 0 Å². The van der Waals surface area contributed by atoms with Crippen LogP contribution in [0.2, 0.25) is 0 Å². The Labute approximate surface area is 63.8 Å². The quantitative estimate of drug-likeness (QED) is 0.428. The van der Waals surface area contributed by atoms with Gasteiger partial charge in [-0.25, -0.2) is 0 Å². The largest absolute Gasteiger partial charge is 0 e. The van der Waals surface area contributed by atoms with Crippen molar-refractivity contribution in [1.29, 1.82) is 0 Å². The van der Waals surface area contributed by atoms with Crippen LogP contribution in [0, 0.1) is 0 Å². The van der Waals surface area contributed by atoms with Crippen LogP contribution in [0.5, 0.6) is 0 Å². The van der Waals surface area contributed by atoms with Gasteiger partial charge in [-0.05, 0) is 0 Å². The van der Waals surface area contributed by atoms with Gasteiger partial charge < -0.3 is 0 Å². The van der Waals surface area contributed by atoms with E-state index >= 15 is 0 Å². The van der Waals surface area contributed by atoms with Gasteiger partial charge in [-0.15, -0.1) is 0 Å². The average molecular weight is 173 g/mol. The molecule has 14 valence electrons. The average Bonchev–Trinajstić information content (AvgIpc) is 1.00. The molecule has 4 heteroatoms. The molecule has 0 bridgehead atoms.